The molecule has 1 aliphatic rings. The molecule has 134 valence electrons. The number of urea groups is 1. The average molecular weight is 352 g/mol. The number of carbonyl (C=O) groups excluding carboxylic acids is 1. The van der Waals surface area contributed by atoms with Crippen LogP contribution in [0.3, 0.4) is 0 Å². The van der Waals surface area contributed by atoms with Crippen LogP contribution in [0.15, 0.2) is 36.7 Å². The smallest absolute Gasteiger partial charge is 0.315 e. The van der Waals surface area contributed by atoms with Crippen molar-refractivity contribution in [1.82, 2.24) is 14.9 Å². The Hall–Kier alpha value is -2.94. The Balaban J connectivity index is 1.80. The molecule has 1 saturated heterocycles. The van der Waals surface area contributed by atoms with Crippen molar-refractivity contribution in [2.24, 2.45) is 0 Å². The lowest BCUT2D eigenvalue weighted by Crippen LogP contribution is -2.46. The molecule has 0 saturated carbocycles. The van der Waals surface area contributed by atoms with Gasteiger partial charge in [-0.1, -0.05) is 17.9 Å². The van der Waals surface area contributed by atoms with Crippen molar-refractivity contribution in [2.75, 3.05) is 11.4 Å². The van der Waals surface area contributed by atoms with E-state index < -0.39 is 0 Å². The summed E-state index contributed by atoms with van der Waals surface area (Å²) in [6.45, 7) is 8.58. The maximum absolute atomic E-state index is 13.2. The first kappa shape index (κ1) is 17.9. The number of hydrogen-bond acceptors (Lipinski definition) is 3. The van der Waals surface area contributed by atoms with Gasteiger partial charge in [-0.15, -0.1) is 0 Å². The summed E-state index contributed by atoms with van der Waals surface area (Å²) in [7, 11) is 0. The van der Waals surface area contributed by atoms with Gasteiger partial charge in [0.2, 0.25) is 5.95 Å². The minimum atomic E-state index is -0.326. The van der Waals surface area contributed by atoms with Crippen molar-refractivity contribution in [3.63, 3.8) is 0 Å². The highest BCUT2D eigenvalue weighted by atomic mass is 19.1. The summed E-state index contributed by atoms with van der Waals surface area (Å²) in [5.74, 6) is 5.82. The third kappa shape index (κ3) is 3.52. The van der Waals surface area contributed by atoms with Crippen molar-refractivity contribution in [3.8, 4) is 11.8 Å². The van der Waals surface area contributed by atoms with E-state index in [2.05, 4.69) is 21.8 Å². The zero-order valence-electron chi connectivity index (χ0n) is 15.3. The molecular formula is C20H21FN4O. The number of rotatable bonds is 2. The van der Waals surface area contributed by atoms with Crippen molar-refractivity contribution >= 4 is 12.0 Å². The minimum absolute atomic E-state index is 0.0939. The number of nitrogens with zero attached hydrogens (tertiary/aromatic N) is 4. The standard InChI is InChI=1S/C20H21FN4O/c1-14(2)25-19(26)24(13-20(25,3)4)18-22-11-16(12-23-18)9-8-15-6-5-7-17(21)10-15/h5-7,10-12,14H,13H2,1-4H3. The maximum atomic E-state index is 13.2. The number of benzene rings is 1. The Kier molecular flexibility index (Phi) is 4.64. The van der Waals surface area contributed by atoms with Gasteiger partial charge >= 0.3 is 6.03 Å². The molecule has 1 aliphatic heterocycles. The summed E-state index contributed by atoms with van der Waals surface area (Å²) in [5.41, 5.74) is 0.896. The summed E-state index contributed by atoms with van der Waals surface area (Å²) in [6.07, 6.45) is 3.15. The highest BCUT2D eigenvalue weighted by molar-refractivity contribution is 5.93. The predicted molar refractivity (Wildman–Crippen MR) is 98.2 cm³/mol. The number of hydrogen-bond donors (Lipinski definition) is 0. The Morgan fingerprint density at radius 3 is 2.38 bits per heavy atom. The molecule has 0 spiro atoms. The highest BCUT2D eigenvalue weighted by Crippen LogP contribution is 2.30. The summed E-state index contributed by atoms with van der Waals surface area (Å²) in [6, 6.07) is 6.09. The summed E-state index contributed by atoms with van der Waals surface area (Å²) >= 11 is 0. The normalized spacial score (nSPS) is 16.0. The van der Waals surface area contributed by atoms with Crippen LogP contribution in [0, 0.1) is 17.7 Å². The fourth-order valence-electron chi connectivity index (χ4n) is 3.23. The average Bonchev–Trinajstić information content (AvgIpc) is 2.82. The molecule has 26 heavy (non-hydrogen) atoms. The molecule has 0 atom stereocenters. The van der Waals surface area contributed by atoms with Crippen LogP contribution in [-0.4, -0.2) is 39.0 Å². The molecule has 6 heteroatoms. The van der Waals surface area contributed by atoms with Gasteiger partial charge in [0.1, 0.15) is 5.82 Å². The first-order valence-corrected chi connectivity index (χ1v) is 8.48. The molecule has 0 bridgehead atoms. The van der Waals surface area contributed by atoms with Gasteiger partial charge in [-0.3, -0.25) is 4.90 Å². The largest absolute Gasteiger partial charge is 0.327 e. The second-order valence-electron chi connectivity index (χ2n) is 7.18. The highest BCUT2D eigenvalue weighted by Gasteiger charge is 2.45. The molecule has 2 amide bonds. The molecule has 0 unspecified atom stereocenters. The van der Waals surface area contributed by atoms with Gasteiger partial charge in [0.25, 0.3) is 0 Å². The zero-order chi connectivity index (χ0) is 18.9. The third-order valence-corrected chi connectivity index (χ3v) is 4.21. The lowest BCUT2D eigenvalue weighted by molar-refractivity contribution is 0.152. The van der Waals surface area contributed by atoms with E-state index in [4.69, 9.17) is 0 Å². The van der Waals surface area contributed by atoms with Gasteiger partial charge in [-0.25, -0.2) is 19.2 Å². The second-order valence-corrected chi connectivity index (χ2v) is 7.18. The number of aromatic nitrogens is 2. The van der Waals surface area contributed by atoms with E-state index in [1.807, 2.05) is 32.6 Å². The first-order valence-electron chi connectivity index (χ1n) is 8.48. The second kappa shape index (κ2) is 6.75. The van der Waals surface area contributed by atoms with E-state index >= 15 is 0 Å². The SMILES string of the molecule is CC(C)N1C(=O)N(c2ncc(C#Cc3cccc(F)c3)cn2)CC1(C)C. The summed E-state index contributed by atoms with van der Waals surface area (Å²) in [5, 5.41) is 0. The number of amides is 2. The molecular weight excluding hydrogens is 331 g/mol. The Morgan fingerprint density at radius 1 is 1.15 bits per heavy atom. The molecule has 1 fully saturated rings. The van der Waals surface area contributed by atoms with E-state index in [9.17, 15) is 9.18 Å². The fraction of sp³-hybridized carbons (Fsp3) is 0.350. The molecule has 5 nitrogen and oxygen atoms in total. The minimum Gasteiger partial charge on any atom is -0.315 e. The molecule has 2 heterocycles. The van der Waals surface area contributed by atoms with Crippen LogP contribution in [0.1, 0.15) is 38.8 Å². The monoisotopic (exact) mass is 352 g/mol. The van der Waals surface area contributed by atoms with Gasteiger partial charge in [-0.05, 0) is 45.9 Å². The molecule has 2 aromatic rings. The van der Waals surface area contributed by atoms with E-state index in [0.717, 1.165) is 0 Å². The number of carbonyl (C=O) groups is 1. The van der Waals surface area contributed by atoms with Crippen LogP contribution in [0.5, 0.6) is 0 Å². The Morgan fingerprint density at radius 2 is 1.81 bits per heavy atom. The topological polar surface area (TPSA) is 49.3 Å². The van der Waals surface area contributed by atoms with Crippen molar-refractivity contribution in [2.45, 2.75) is 39.3 Å². The van der Waals surface area contributed by atoms with Gasteiger partial charge < -0.3 is 4.90 Å². The van der Waals surface area contributed by atoms with Crippen molar-refractivity contribution < 1.29 is 9.18 Å². The van der Waals surface area contributed by atoms with Gasteiger partial charge in [0, 0.05) is 24.0 Å². The van der Waals surface area contributed by atoms with Gasteiger partial charge in [-0.2, -0.15) is 0 Å². The van der Waals surface area contributed by atoms with Crippen LogP contribution in [0.4, 0.5) is 15.1 Å². The number of halogens is 1. The first-order chi connectivity index (χ1) is 12.3. The van der Waals surface area contributed by atoms with E-state index in [1.54, 1.807) is 29.4 Å². The van der Waals surface area contributed by atoms with E-state index in [-0.39, 0.29) is 23.4 Å². The van der Waals surface area contributed by atoms with E-state index in [1.165, 1.54) is 12.1 Å². The lowest BCUT2D eigenvalue weighted by Gasteiger charge is -2.32. The fourth-order valence-corrected chi connectivity index (χ4v) is 3.23. The van der Waals surface area contributed by atoms with Crippen LogP contribution in [0.25, 0.3) is 0 Å². The molecule has 0 aliphatic carbocycles. The van der Waals surface area contributed by atoms with Crippen LogP contribution in [-0.2, 0) is 0 Å². The lowest BCUT2D eigenvalue weighted by atomic mass is 10.0. The third-order valence-electron chi connectivity index (χ3n) is 4.21. The van der Waals surface area contributed by atoms with E-state index in [0.29, 0.717) is 23.6 Å². The van der Waals surface area contributed by atoms with Crippen molar-refractivity contribution in [1.29, 1.82) is 0 Å². The van der Waals surface area contributed by atoms with Gasteiger partial charge in [0.15, 0.2) is 0 Å². The Labute approximate surface area is 152 Å². The molecule has 1 aromatic heterocycles. The quantitative estimate of drug-likeness (QED) is 0.778. The maximum Gasteiger partial charge on any atom is 0.327 e. The molecule has 0 radical (unpaired) electrons. The van der Waals surface area contributed by atoms with Crippen molar-refractivity contribution in [3.05, 3.63) is 53.6 Å². The van der Waals surface area contributed by atoms with Crippen LogP contribution < -0.4 is 4.90 Å². The molecule has 1 aromatic carbocycles. The molecule has 3 rings (SSSR count). The number of anilines is 1. The summed E-state index contributed by atoms with van der Waals surface area (Å²) in [4.78, 5) is 24.7. The zero-order valence-corrected chi connectivity index (χ0v) is 15.3. The van der Waals surface area contributed by atoms with Gasteiger partial charge in [0.05, 0.1) is 17.6 Å². The summed E-state index contributed by atoms with van der Waals surface area (Å²) < 4.78 is 13.2. The predicted octanol–water partition coefficient (Wildman–Crippen LogP) is 3.44. The van der Waals surface area contributed by atoms with Crippen LogP contribution >= 0.6 is 0 Å². The Bertz CT molecular complexity index is 881. The molecule has 0 N–H and O–H groups in total. The van der Waals surface area contributed by atoms with Crippen LogP contribution in [0.2, 0.25) is 0 Å².